The molecule has 2 amide bonds. The smallest absolute Gasteiger partial charge is 0.315 e. The van der Waals surface area contributed by atoms with Crippen molar-refractivity contribution in [3.8, 4) is 0 Å². The molecule has 1 atom stereocenters. The molecular formula is C17H24N2O3S. The molecule has 1 aromatic rings. The van der Waals surface area contributed by atoms with Crippen molar-refractivity contribution < 1.29 is 14.7 Å². The Balaban J connectivity index is 1.84. The second-order valence-corrected chi connectivity index (χ2v) is 6.82. The van der Waals surface area contributed by atoms with Gasteiger partial charge in [0.2, 0.25) is 0 Å². The number of carbonyl (C=O) groups excluding carboxylic acids is 1. The molecular weight excluding hydrogens is 312 g/mol. The number of urea groups is 1. The lowest BCUT2D eigenvalue weighted by molar-refractivity contribution is -0.142. The van der Waals surface area contributed by atoms with E-state index < -0.39 is 5.97 Å². The SMILES string of the molecule is CSc1ccccc1[C@H](C)NC(=O)NC1CCC(C(=O)O)CC1. The van der Waals surface area contributed by atoms with Gasteiger partial charge in [-0.3, -0.25) is 4.79 Å². The Bertz CT molecular complexity index is 557. The van der Waals surface area contributed by atoms with Crippen molar-refractivity contribution in [2.75, 3.05) is 6.26 Å². The lowest BCUT2D eigenvalue weighted by Crippen LogP contribution is -2.44. The summed E-state index contributed by atoms with van der Waals surface area (Å²) >= 11 is 1.66. The second kappa shape index (κ2) is 8.24. The Kier molecular flexibility index (Phi) is 6.33. The van der Waals surface area contributed by atoms with Crippen LogP contribution in [0, 0.1) is 5.92 Å². The van der Waals surface area contributed by atoms with Crippen molar-refractivity contribution in [1.29, 1.82) is 0 Å². The predicted octanol–water partition coefficient (Wildman–Crippen LogP) is 3.41. The number of hydrogen-bond acceptors (Lipinski definition) is 3. The van der Waals surface area contributed by atoms with Crippen LogP contribution in [0.5, 0.6) is 0 Å². The minimum Gasteiger partial charge on any atom is -0.481 e. The molecule has 6 heteroatoms. The number of carbonyl (C=O) groups is 2. The van der Waals surface area contributed by atoms with E-state index in [2.05, 4.69) is 10.6 Å². The van der Waals surface area contributed by atoms with E-state index in [0.717, 1.165) is 23.3 Å². The fourth-order valence-electron chi connectivity index (χ4n) is 3.01. The van der Waals surface area contributed by atoms with Gasteiger partial charge in [-0.2, -0.15) is 0 Å². The maximum absolute atomic E-state index is 12.2. The number of amides is 2. The maximum atomic E-state index is 12.2. The highest BCUT2D eigenvalue weighted by Gasteiger charge is 2.27. The summed E-state index contributed by atoms with van der Waals surface area (Å²) in [6.07, 6.45) is 4.73. The first-order chi connectivity index (χ1) is 11.0. The number of carboxylic acids is 1. The van der Waals surface area contributed by atoms with Gasteiger partial charge in [0.1, 0.15) is 0 Å². The fraction of sp³-hybridized carbons (Fsp3) is 0.529. The van der Waals surface area contributed by atoms with E-state index in [1.807, 2.05) is 37.4 Å². The van der Waals surface area contributed by atoms with Crippen molar-refractivity contribution in [2.24, 2.45) is 5.92 Å². The average Bonchev–Trinajstić information content (AvgIpc) is 2.55. The Morgan fingerprint density at radius 1 is 1.22 bits per heavy atom. The molecule has 1 aliphatic rings. The molecule has 0 saturated heterocycles. The summed E-state index contributed by atoms with van der Waals surface area (Å²) in [6.45, 7) is 1.97. The summed E-state index contributed by atoms with van der Waals surface area (Å²) in [5.41, 5.74) is 1.10. The average molecular weight is 336 g/mol. The standard InChI is InChI=1S/C17H24N2O3S/c1-11(14-5-3-4-6-15(14)23-2)18-17(22)19-13-9-7-12(8-10-13)16(20)21/h3-6,11-13H,7-10H2,1-2H3,(H,20,21)(H2,18,19,22)/t11-,12?,13?/m0/s1. The number of hydrogen-bond donors (Lipinski definition) is 3. The molecule has 0 bridgehead atoms. The molecule has 1 fully saturated rings. The Morgan fingerprint density at radius 2 is 1.87 bits per heavy atom. The van der Waals surface area contributed by atoms with Crippen molar-refractivity contribution in [2.45, 2.75) is 49.6 Å². The fourth-order valence-corrected chi connectivity index (χ4v) is 3.71. The van der Waals surface area contributed by atoms with Crippen LogP contribution < -0.4 is 10.6 Å². The second-order valence-electron chi connectivity index (χ2n) is 5.97. The van der Waals surface area contributed by atoms with E-state index in [0.29, 0.717) is 12.8 Å². The van der Waals surface area contributed by atoms with Gasteiger partial charge < -0.3 is 15.7 Å². The van der Waals surface area contributed by atoms with Gasteiger partial charge in [-0.05, 0) is 50.5 Å². The lowest BCUT2D eigenvalue weighted by Gasteiger charge is -2.27. The molecule has 1 saturated carbocycles. The highest BCUT2D eigenvalue weighted by atomic mass is 32.2. The third kappa shape index (κ3) is 4.89. The Morgan fingerprint density at radius 3 is 2.48 bits per heavy atom. The third-order valence-corrected chi connectivity index (χ3v) is 5.18. The van der Waals surface area contributed by atoms with Gasteiger partial charge in [-0.25, -0.2) is 4.79 Å². The molecule has 0 aromatic heterocycles. The van der Waals surface area contributed by atoms with Gasteiger partial charge in [0.25, 0.3) is 0 Å². The van der Waals surface area contributed by atoms with E-state index in [4.69, 9.17) is 5.11 Å². The zero-order valence-corrected chi connectivity index (χ0v) is 14.4. The highest BCUT2D eigenvalue weighted by molar-refractivity contribution is 7.98. The van der Waals surface area contributed by atoms with Crippen LogP contribution in [0.4, 0.5) is 4.79 Å². The zero-order chi connectivity index (χ0) is 16.8. The van der Waals surface area contributed by atoms with Gasteiger partial charge in [-0.15, -0.1) is 11.8 Å². The molecule has 0 radical (unpaired) electrons. The van der Waals surface area contributed by atoms with E-state index in [1.54, 1.807) is 11.8 Å². The first-order valence-corrected chi connectivity index (χ1v) is 9.16. The van der Waals surface area contributed by atoms with Crippen LogP contribution in [0.25, 0.3) is 0 Å². The molecule has 5 nitrogen and oxygen atoms in total. The molecule has 1 aliphatic carbocycles. The summed E-state index contributed by atoms with van der Waals surface area (Å²) in [7, 11) is 0. The van der Waals surface area contributed by atoms with Gasteiger partial charge >= 0.3 is 12.0 Å². The Hall–Kier alpha value is -1.69. The number of thioether (sulfide) groups is 1. The number of aliphatic carboxylic acids is 1. The highest BCUT2D eigenvalue weighted by Crippen LogP contribution is 2.26. The first kappa shape index (κ1) is 17.7. The third-order valence-electron chi connectivity index (χ3n) is 4.36. The molecule has 3 N–H and O–H groups in total. The predicted molar refractivity (Wildman–Crippen MR) is 91.7 cm³/mol. The summed E-state index contributed by atoms with van der Waals surface area (Å²) in [6, 6.07) is 7.83. The molecule has 0 heterocycles. The van der Waals surface area contributed by atoms with Crippen molar-refractivity contribution in [3.63, 3.8) is 0 Å². The zero-order valence-electron chi connectivity index (χ0n) is 13.5. The molecule has 1 aromatic carbocycles. The van der Waals surface area contributed by atoms with Crippen molar-refractivity contribution in [3.05, 3.63) is 29.8 Å². The van der Waals surface area contributed by atoms with Gasteiger partial charge in [-0.1, -0.05) is 18.2 Å². The summed E-state index contributed by atoms with van der Waals surface area (Å²) in [5.74, 6) is -0.987. The topological polar surface area (TPSA) is 78.4 Å². The summed E-state index contributed by atoms with van der Waals surface area (Å²) in [5, 5.41) is 14.9. The van der Waals surface area contributed by atoms with E-state index in [9.17, 15) is 9.59 Å². The first-order valence-electron chi connectivity index (χ1n) is 7.94. The molecule has 0 unspecified atom stereocenters. The Labute approximate surface area is 141 Å². The van der Waals surface area contributed by atoms with Gasteiger partial charge in [0.15, 0.2) is 0 Å². The van der Waals surface area contributed by atoms with E-state index >= 15 is 0 Å². The van der Waals surface area contributed by atoms with Crippen LogP contribution in [-0.2, 0) is 4.79 Å². The van der Waals surface area contributed by atoms with Crippen LogP contribution in [0.3, 0.4) is 0 Å². The summed E-state index contributed by atoms with van der Waals surface area (Å²) in [4.78, 5) is 24.3. The van der Waals surface area contributed by atoms with Crippen LogP contribution in [-0.4, -0.2) is 29.4 Å². The number of rotatable bonds is 5. The minimum atomic E-state index is -0.727. The van der Waals surface area contributed by atoms with Crippen LogP contribution in [0.1, 0.15) is 44.2 Å². The minimum absolute atomic E-state index is 0.0635. The largest absolute Gasteiger partial charge is 0.481 e. The molecule has 0 aliphatic heterocycles. The van der Waals surface area contributed by atoms with Crippen LogP contribution in [0.2, 0.25) is 0 Å². The van der Waals surface area contributed by atoms with Crippen molar-refractivity contribution in [1.82, 2.24) is 10.6 Å². The molecule has 23 heavy (non-hydrogen) atoms. The quantitative estimate of drug-likeness (QED) is 0.720. The number of benzene rings is 1. The van der Waals surface area contributed by atoms with Crippen LogP contribution >= 0.6 is 11.8 Å². The van der Waals surface area contributed by atoms with E-state index in [1.165, 1.54) is 0 Å². The number of carboxylic acid groups (broad SMARTS) is 1. The molecule has 2 rings (SSSR count). The maximum Gasteiger partial charge on any atom is 0.315 e. The van der Waals surface area contributed by atoms with E-state index in [-0.39, 0.29) is 24.0 Å². The summed E-state index contributed by atoms with van der Waals surface area (Å²) < 4.78 is 0. The monoisotopic (exact) mass is 336 g/mol. The van der Waals surface area contributed by atoms with Crippen molar-refractivity contribution >= 4 is 23.8 Å². The molecule has 126 valence electrons. The molecule has 0 spiro atoms. The normalized spacial score (nSPS) is 22.2. The number of nitrogens with one attached hydrogen (secondary N) is 2. The lowest BCUT2D eigenvalue weighted by atomic mass is 9.86. The van der Waals surface area contributed by atoms with Gasteiger partial charge in [0, 0.05) is 10.9 Å². The van der Waals surface area contributed by atoms with Gasteiger partial charge in [0.05, 0.1) is 12.0 Å². The van der Waals surface area contributed by atoms with Crippen LogP contribution in [0.15, 0.2) is 29.2 Å².